The Balaban J connectivity index is 1.96. The lowest BCUT2D eigenvalue weighted by Gasteiger charge is -2.34. The molecule has 0 aliphatic carbocycles. The lowest BCUT2D eigenvalue weighted by Crippen LogP contribution is -2.44. The van der Waals surface area contributed by atoms with Gasteiger partial charge in [0, 0.05) is 30.7 Å². The van der Waals surface area contributed by atoms with E-state index in [4.69, 9.17) is 0 Å². The van der Waals surface area contributed by atoms with Crippen LogP contribution in [0.4, 0.5) is 0 Å². The van der Waals surface area contributed by atoms with Gasteiger partial charge in [0.25, 0.3) is 0 Å². The van der Waals surface area contributed by atoms with Crippen molar-refractivity contribution in [2.45, 2.75) is 33.2 Å². The summed E-state index contributed by atoms with van der Waals surface area (Å²) in [6, 6.07) is 8.44. The van der Waals surface area contributed by atoms with E-state index < -0.39 is 0 Å². The SMILES string of the molecule is CCN(CC)C(=O)C1CCCN(Cc2cccc(Br)c2)C1. The van der Waals surface area contributed by atoms with Crippen LogP contribution in [0, 0.1) is 5.92 Å². The summed E-state index contributed by atoms with van der Waals surface area (Å²) in [6.07, 6.45) is 2.15. The third-order valence-electron chi connectivity index (χ3n) is 4.23. The molecule has 1 saturated heterocycles. The summed E-state index contributed by atoms with van der Waals surface area (Å²) in [4.78, 5) is 16.9. The van der Waals surface area contributed by atoms with Crippen LogP contribution >= 0.6 is 15.9 Å². The number of amides is 1. The van der Waals surface area contributed by atoms with Gasteiger partial charge in [-0.1, -0.05) is 28.1 Å². The molecule has 1 amide bonds. The standard InChI is InChI=1S/C17H25BrN2O/c1-3-20(4-2)17(21)15-8-6-10-19(13-15)12-14-7-5-9-16(18)11-14/h5,7,9,11,15H,3-4,6,8,10,12-13H2,1-2H3. The van der Waals surface area contributed by atoms with E-state index in [1.807, 2.05) is 11.0 Å². The highest BCUT2D eigenvalue weighted by Crippen LogP contribution is 2.21. The number of hydrogen-bond donors (Lipinski definition) is 0. The molecule has 116 valence electrons. The van der Waals surface area contributed by atoms with Crippen molar-refractivity contribution in [3.63, 3.8) is 0 Å². The largest absolute Gasteiger partial charge is 0.343 e. The van der Waals surface area contributed by atoms with E-state index in [-0.39, 0.29) is 5.92 Å². The van der Waals surface area contributed by atoms with Crippen LogP contribution in [0.1, 0.15) is 32.3 Å². The number of benzene rings is 1. The van der Waals surface area contributed by atoms with Crippen molar-refractivity contribution in [3.8, 4) is 0 Å². The van der Waals surface area contributed by atoms with Crippen LogP contribution in [-0.2, 0) is 11.3 Å². The fourth-order valence-electron chi connectivity index (χ4n) is 3.09. The van der Waals surface area contributed by atoms with Crippen molar-refractivity contribution in [2.75, 3.05) is 26.2 Å². The number of halogens is 1. The summed E-state index contributed by atoms with van der Waals surface area (Å²) < 4.78 is 1.12. The van der Waals surface area contributed by atoms with Crippen molar-refractivity contribution in [1.82, 2.24) is 9.80 Å². The van der Waals surface area contributed by atoms with Crippen molar-refractivity contribution < 1.29 is 4.79 Å². The van der Waals surface area contributed by atoms with Gasteiger partial charge in [-0.25, -0.2) is 0 Å². The average molecular weight is 353 g/mol. The van der Waals surface area contributed by atoms with E-state index in [0.717, 1.165) is 50.0 Å². The second kappa shape index (κ2) is 7.95. The van der Waals surface area contributed by atoms with Gasteiger partial charge in [0.15, 0.2) is 0 Å². The molecule has 1 fully saturated rings. The van der Waals surface area contributed by atoms with Gasteiger partial charge in [-0.05, 0) is 50.9 Å². The molecule has 0 saturated carbocycles. The van der Waals surface area contributed by atoms with Gasteiger partial charge in [-0.2, -0.15) is 0 Å². The van der Waals surface area contributed by atoms with E-state index in [1.165, 1.54) is 5.56 Å². The van der Waals surface area contributed by atoms with Crippen molar-refractivity contribution in [3.05, 3.63) is 34.3 Å². The highest BCUT2D eigenvalue weighted by molar-refractivity contribution is 9.10. The molecule has 1 aliphatic rings. The molecule has 4 heteroatoms. The van der Waals surface area contributed by atoms with Crippen LogP contribution in [-0.4, -0.2) is 41.9 Å². The van der Waals surface area contributed by atoms with Crippen LogP contribution in [0.2, 0.25) is 0 Å². The smallest absolute Gasteiger partial charge is 0.226 e. The number of carbonyl (C=O) groups is 1. The first kappa shape index (κ1) is 16.5. The van der Waals surface area contributed by atoms with Crippen molar-refractivity contribution >= 4 is 21.8 Å². The van der Waals surface area contributed by atoms with Crippen LogP contribution in [0.25, 0.3) is 0 Å². The fraction of sp³-hybridized carbons (Fsp3) is 0.588. The lowest BCUT2D eigenvalue weighted by atomic mass is 9.96. The Hall–Kier alpha value is -0.870. The first-order chi connectivity index (χ1) is 10.1. The Morgan fingerprint density at radius 1 is 1.38 bits per heavy atom. The molecule has 0 bridgehead atoms. The lowest BCUT2D eigenvalue weighted by molar-refractivity contribution is -0.137. The monoisotopic (exact) mass is 352 g/mol. The zero-order valence-corrected chi connectivity index (χ0v) is 14.6. The van der Waals surface area contributed by atoms with Gasteiger partial charge >= 0.3 is 0 Å². The third-order valence-corrected chi connectivity index (χ3v) is 4.72. The molecule has 1 heterocycles. The minimum absolute atomic E-state index is 0.172. The molecule has 0 N–H and O–H groups in total. The Bertz CT molecular complexity index is 474. The molecule has 1 unspecified atom stereocenters. The van der Waals surface area contributed by atoms with Crippen molar-refractivity contribution in [2.24, 2.45) is 5.92 Å². The highest BCUT2D eigenvalue weighted by Gasteiger charge is 2.28. The third kappa shape index (κ3) is 4.55. The molecule has 1 aromatic rings. The maximum atomic E-state index is 12.5. The molecule has 1 aliphatic heterocycles. The number of rotatable bonds is 5. The maximum Gasteiger partial charge on any atom is 0.226 e. The Labute approximate surface area is 136 Å². The molecule has 0 radical (unpaired) electrons. The van der Waals surface area contributed by atoms with Crippen LogP contribution in [0.15, 0.2) is 28.7 Å². The van der Waals surface area contributed by atoms with Gasteiger partial charge in [-0.15, -0.1) is 0 Å². The van der Waals surface area contributed by atoms with Crippen LogP contribution < -0.4 is 0 Å². The maximum absolute atomic E-state index is 12.5. The second-order valence-electron chi connectivity index (χ2n) is 5.71. The molecule has 1 atom stereocenters. The van der Waals surface area contributed by atoms with E-state index in [0.29, 0.717) is 5.91 Å². The van der Waals surface area contributed by atoms with Crippen LogP contribution in [0.5, 0.6) is 0 Å². The minimum atomic E-state index is 0.172. The van der Waals surface area contributed by atoms with Gasteiger partial charge in [0.1, 0.15) is 0 Å². The number of likely N-dealkylation sites (tertiary alicyclic amines) is 1. The molecule has 0 spiro atoms. The summed E-state index contributed by atoms with van der Waals surface area (Å²) in [5, 5.41) is 0. The highest BCUT2D eigenvalue weighted by atomic mass is 79.9. The number of hydrogen-bond acceptors (Lipinski definition) is 2. The summed E-state index contributed by atoms with van der Waals surface area (Å²) in [5.41, 5.74) is 1.31. The normalized spacial score (nSPS) is 19.5. The summed E-state index contributed by atoms with van der Waals surface area (Å²) >= 11 is 3.52. The van der Waals surface area contributed by atoms with Crippen molar-refractivity contribution in [1.29, 1.82) is 0 Å². The molecular formula is C17H25BrN2O. The van der Waals surface area contributed by atoms with Gasteiger partial charge in [-0.3, -0.25) is 9.69 Å². The first-order valence-corrected chi connectivity index (χ1v) is 8.69. The second-order valence-corrected chi connectivity index (χ2v) is 6.63. The number of carbonyl (C=O) groups excluding carboxylic acids is 1. The summed E-state index contributed by atoms with van der Waals surface area (Å²) in [5.74, 6) is 0.504. The molecule has 2 rings (SSSR count). The molecule has 1 aromatic carbocycles. The predicted octanol–water partition coefficient (Wildman–Crippen LogP) is 3.53. The van der Waals surface area contributed by atoms with E-state index >= 15 is 0 Å². The fourth-order valence-corrected chi connectivity index (χ4v) is 3.53. The summed E-state index contributed by atoms with van der Waals surface area (Å²) in [6.45, 7) is 8.67. The molecule has 0 aromatic heterocycles. The topological polar surface area (TPSA) is 23.6 Å². The Kier molecular flexibility index (Phi) is 6.24. The van der Waals surface area contributed by atoms with Gasteiger partial charge in [0.05, 0.1) is 5.92 Å². The first-order valence-electron chi connectivity index (χ1n) is 7.89. The van der Waals surface area contributed by atoms with E-state index in [1.54, 1.807) is 0 Å². The quantitative estimate of drug-likeness (QED) is 0.809. The molecular weight excluding hydrogens is 328 g/mol. The number of nitrogens with zero attached hydrogens (tertiary/aromatic N) is 2. The number of piperidine rings is 1. The summed E-state index contributed by atoms with van der Waals surface area (Å²) in [7, 11) is 0. The predicted molar refractivity (Wildman–Crippen MR) is 90.1 cm³/mol. The average Bonchev–Trinajstić information content (AvgIpc) is 2.48. The van der Waals surface area contributed by atoms with Crippen LogP contribution in [0.3, 0.4) is 0 Å². The Morgan fingerprint density at radius 2 is 2.14 bits per heavy atom. The molecule has 3 nitrogen and oxygen atoms in total. The zero-order chi connectivity index (χ0) is 15.2. The van der Waals surface area contributed by atoms with Gasteiger partial charge < -0.3 is 4.90 Å². The van der Waals surface area contributed by atoms with Gasteiger partial charge in [0.2, 0.25) is 5.91 Å². The molecule has 21 heavy (non-hydrogen) atoms. The van der Waals surface area contributed by atoms with E-state index in [2.05, 4.69) is 52.9 Å². The minimum Gasteiger partial charge on any atom is -0.343 e. The Morgan fingerprint density at radius 3 is 2.81 bits per heavy atom. The van der Waals surface area contributed by atoms with E-state index in [9.17, 15) is 4.79 Å². The zero-order valence-electron chi connectivity index (χ0n) is 13.0.